The highest BCUT2D eigenvalue weighted by Crippen LogP contribution is 2.43. The van der Waals surface area contributed by atoms with Crippen LogP contribution < -0.4 is 9.32 Å². The molecule has 3 rings (SSSR count). The number of fused-ring (bicyclic) bond motifs is 1. The van der Waals surface area contributed by atoms with Gasteiger partial charge in [-0.3, -0.25) is 0 Å². The van der Waals surface area contributed by atoms with E-state index in [0.717, 1.165) is 31.3 Å². The van der Waals surface area contributed by atoms with Gasteiger partial charge in [0.05, 0.1) is 4.90 Å². The molecule has 2 N–H and O–H groups in total. The molecule has 1 saturated carbocycles. The Hall–Kier alpha value is -1.38. The van der Waals surface area contributed by atoms with E-state index >= 15 is 0 Å². The Morgan fingerprint density at radius 3 is 2.29 bits per heavy atom. The monoisotopic (exact) mass is 371 g/mol. The van der Waals surface area contributed by atoms with Gasteiger partial charge in [0.25, 0.3) is 0 Å². The minimum atomic E-state index is -4.19. The Bertz CT molecular complexity index is 864. The molecule has 1 fully saturated rings. The maximum Gasteiger partial charge on any atom is 0.380 e. The fraction of sp³-hybridized carbons (Fsp3) is 0.500. The van der Waals surface area contributed by atoms with Crippen molar-refractivity contribution >= 4 is 25.7 Å². The maximum absolute atomic E-state index is 12.5. The molecule has 1 aliphatic heterocycles. The average Bonchev–Trinajstić information content (AvgIpc) is 2.68. The van der Waals surface area contributed by atoms with Gasteiger partial charge in [-0.25, -0.2) is 8.42 Å². The van der Waals surface area contributed by atoms with Crippen molar-refractivity contribution in [2.24, 2.45) is 11.1 Å². The van der Waals surface area contributed by atoms with Gasteiger partial charge in [-0.05, 0) is 42.0 Å². The van der Waals surface area contributed by atoms with Crippen LogP contribution in [0.1, 0.15) is 50.5 Å². The summed E-state index contributed by atoms with van der Waals surface area (Å²) in [6.07, 6.45) is 7.78. The number of hydrogen-bond donors (Lipinski definition) is 1. The normalized spacial score (nSPS) is 21.5. The summed E-state index contributed by atoms with van der Waals surface area (Å²) in [4.78, 5) is 0.0979. The van der Waals surface area contributed by atoms with Crippen molar-refractivity contribution in [3.8, 4) is 5.75 Å². The van der Waals surface area contributed by atoms with E-state index < -0.39 is 20.1 Å². The van der Waals surface area contributed by atoms with Gasteiger partial charge < -0.3 is 4.18 Å². The number of nitrogens with two attached hydrogens (primary N) is 1. The predicted molar refractivity (Wildman–Crippen MR) is 91.1 cm³/mol. The Morgan fingerprint density at radius 2 is 1.67 bits per heavy atom. The topological polar surface area (TPSA) is 104 Å². The number of sulfone groups is 1. The van der Waals surface area contributed by atoms with Gasteiger partial charge in [-0.1, -0.05) is 32.1 Å². The molecule has 24 heavy (non-hydrogen) atoms. The Labute approximate surface area is 142 Å². The number of allylic oxidation sites excluding steroid dienone is 1. The molecule has 0 spiro atoms. The van der Waals surface area contributed by atoms with Gasteiger partial charge in [0.15, 0.2) is 0 Å². The number of hydrogen-bond acceptors (Lipinski definition) is 5. The van der Waals surface area contributed by atoms with Gasteiger partial charge in [-0.15, -0.1) is 0 Å². The quantitative estimate of drug-likeness (QED) is 0.880. The van der Waals surface area contributed by atoms with Crippen molar-refractivity contribution in [3.63, 3.8) is 0 Å². The lowest BCUT2D eigenvalue weighted by Crippen LogP contribution is -2.19. The first kappa shape index (κ1) is 17.4. The molecule has 0 unspecified atom stereocenters. The van der Waals surface area contributed by atoms with Gasteiger partial charge >= 0.3 is 10.3 Å². The van der Waals surface area contributed by atoms with Crippen LogP contribution in [0.4, 0.5) is 0 Å². The molecule has 8 heteroatoms. The van der Waals surface area contributed by atoms with Crippen molar-refractivity contribution in [2.45, 2.75) is 49.8 Å². The van der Waals surface area contributed by atoms with Gasteiger partial charge in [0.1, 0.15) is 5.75 Å². The van der Waals surface area contributed by atoms with Gasteiger partial charge in [0.2, 0.25) is 9.84 Å². The molecule has 0 atom stereocenters. The lowest BCUT2D eigenvalue weighted by Gasteiger charge is -2.21. The lowest BCUT2D eigenvalue weighted by atomic mass is 9.83. The van der Waals surface area contributed by atoms with Crippen LogP contribution >= 0.6 is 0 Å². The molecule has 0 saturated heterocycles. The molecule has 1 heterocycles. The van der Waals surface area contributed by atoms with E-state index in [-0.39, 0.29) is 16.6 Å². The number of rotatable bonds is 3. The smallest absolute Gasteiger partial charge is 0.371 e. The second kappa shape index (κ2) is 6.50. The van der Waals surface area contributed by atoms with Crippen LogP contribution in [-0.2, 0) is 20.1 Å². The van der Waals surface area contributed by atoms with Crippen molar-refractivity contribution in [1.29, 1.82) is 0 Å². The van der Waals surface area contributed by atoms with Crippen LogP contribution in [0.25, 0.3) is 5.57 Å². The number of benzene rings is 1. The molecule has 6 nitrogen and oxygen atoms in total. The average molecular weight is 371 g/mol. The molecule has 0 amide bonds. The van der Waals surface area contributed by atoms with Crippen LogP contribution in [-0.4, -0.2) is 16.8 Å². The Kier molecular flexibility index (Phi) is 4.72. The molecular weight excluding hydrogens is 350 g/mol. The summed E-state index contributed by atoms with van der Waals surface area (Å²) >= 11 is 0. The summed E-state index contributed by atoms with van der Waals surface area (Å²) in [7, 11) is -7.77. The van der Waals surface area contributed by atoms with Crippen LogP contribution in [0.3, 0.4) is 0 Å². The second-order valence-electron chi connectivity index (χ2n) is 6.39. The zero-order valence-corrected chi connectivity index (χ0v) is 14.9. The lowest BCUT2D eigenvalue weighted by molar-refractivity contribution is 0.443. The SMILES string of the molecule is NS(=O)(=O)Oc1ccc2c(c1)S(=O)(=O)C=C2C1CCCCCCC1. The van der Waals surface area contributed by atoms with E-state index in [1.807, 2.05) is 0 Å². The van der Waals surface area contributed by atoms with E-state index in [9.17, 15) is 16.8 Å². The molecule has 0 bridgehead atoms. The molecular formula is C16H21NO5S2. The van der Waals surface area contributed by atoms with Crippen molar-refractivity contribution in [3.05, 3.63) is 29.2 Å². The Balaban J connectivity index is 1.96. The second-order valence-corrected chi connectivity index (χ2v) is 9.31. The van der Waals surface area contributed by atoms with Crippen molar-refractivity contribution < 1.29 is 21.0 Å². The molecule has 1 aromatic carbocycles. The van der Waals surface area contributed by atoms with Gasteiger partial charge in [-0.2, -0.15) is 13.6 Å². The summed E-state index contributed by atoms with van der Waals surface area (Å²) in [6, 6.07) is 4.30. The fourth-order valence-electron chi connectivity index (χ4n) is 3.54. The molecule has 0 aromatic heterocycles. The first-order valence-electron chi connectivity index (χ1n) is 8.09. The third-order valence-electron chi connectivity index (χ3n) is 4.61. The van der Waals surface area contributed by atoms with E-state index in [2.05, 4.69) is 4.18 Å². The largest absolute Gasteiger partial charge is 0.380 e. The highest BCUT2D eigenvalue weighted by Gasteiger charge is 2.31. The van der Waals surface area contributed by atoms with E-state index in [1.165, 1.54) is 36.8 Å². The van der Waals surface area contributed by atoms with E-state index in [4.69, 9.17) is 5.14 Å². The van der Waals surface area contributed by atoms with Crippen LogP contribution in [0.15, 0.2) is 28.5 Å². The van der Waals surface area contributed by atoms with Gasteiger partial charge in [0, 0.05) is 11.5 Å². The van der Waals surface area contributed by atoms with Crippen LogP contribution in [0, 0.1) is 5.92 Å². The first-order valence-corrected chi connectivity index (χ1v) is 11.1. The molecule has 132 valence electrons. The zero-order chi connectivity index (χ0) is 17.4. The van der Waals surface area contributed by atoms with Crippen LogP contribution in [0.2, 0.25) is 0 Å². The summed E-state index contributed by atoms with van der Waals surface area (Å²) in [5, 5.41) is 6.18. The molecule has 2 aliphatic rings. The summed E-state index contributed by atoms with van der Waals surface area (Å²) in [5.74, 6) is 0.137. The van der Waals surface area contributed by atoms with Crippen molar-refractivity contribution in [2.75, 3.05) is 0 Å². The highest BCUT2D eigenvalue weighted by molar-refractivity contribution is 7.95. The summed E-state index contributed by atoms with van der Waals surface area (Å²) < 4.78 is 51.6. The Morgan fingerprint density at radius 1 is 1.04 bits per heavy atom. The minimum absolute atomic E-state index is 0.0906. The van der Waals surface area contributed by atoms with Crippen LogP contribution in [0.5, 0.6) is 5.75 Å². The van der Waals surface area contributed by atoms with E-state index in [1.54, 1.807) is 6.07 Å². The van der Waals surface area contributed by atoms with Crippen molar-refractivity contribution in [1.82, 2.24) is 0 Å². The fourth-order valence-corrected chi connectivity index (χ4v) is 5.47. The first-order chi connectivity index (χ1) is 11.3. The predicted octanol–water partition coefficient (Wildman–Crippen LogP) is 2.76. The molecule has 0 radical (unpaired) electrons. The third kappa shape index (κ3) is 3.81. The summed E-state index contributed by atoms with van der Waals surface area (Å²) in [6.45, 7) is 0. The zero-order valence-electron chi connectivity index (χ0n) is 13.3. The summed E-state index contributed by atoms with van der Waals surface area (Å²) in [5.41, 5.74) is 1.50. The third-order valence-corrected chi connectivity index (χ3v) is 6.55. The standard InChI is InChI=1S/C16H21NO5S2/c17-24(20,21)22-13-8-9-14-15(11-23(18,19)16(14)10-13)12-6-4-2-1-3-5-7-12/h8-12H,1-7H2,(H2,17,20,21). The van der Waals surface area contributed by atoms with E-state index in [0.29, 0.717) is 5.56 Å². The minimum Gasteiger partial charge on any atom is -0.371 e. The highest BCUT2D eigenvalue weighted by atomic mass is 32.2. The maximum atomic E-state index is 12.5. The molecule has 1 aromatic rings. The molecule has 1 aliphatic carbocycles.